The second kappa shape index (κ2) is 9.08. The number of aromatic nitrogens is 2. The van der Waals surface area contributed by atoms with Gasteiger partial charge in [-0.1, -0.05) is 54.6 Å². The van der Waals surface area contributed by atoms with Crippen LogP contribution >= 0.6 is 0 Å². The summed E-state index contributed by atoms with van der Waals surface area (Å²) in [6.07, 6.45) is 0. The lowest BCUT2D eigenvalue weighted by Gasteiger charge is -2.24. The molecule has 0 aliphatic carbocycles. The number of methoxy groups -OCH3 is 2. The van der Waals surface area contributed by atoms with Crippen molar-refractivity contribution in [1.82, 2.24) is 9.97 Å². The maximum absolute atomic E-state index is 13.5. The fourth-order valence-corrected chi connectivity index (χ4v) is 4.93. The molecule has 2 N–H and O–H groups in total. The molecule has 0 radical (unpaired) electrons. The van der Waals surface area contributed by atoms with Crippen molar-refractivity contribution in [2.75, 3.05) is 19.1 Å². The lowest BCUT2D eigenvalue weighted by Crippen LogP contribution is -2.30. The Morgan fingerprint density at radius 1 is 0.868 bits per heavy atom. The summed E-state index contributed by atoms with van der Waals surface area (Å²) in [4.78, 5) is 36.1. The molecule has 188 valence electrons. The fraction of sp³-hybridized carbons (Fsp3) is 0.100. The molecule has 1 aliphatic rings. The number of carbonyl (C=O) groups is 2. The van der Waals surface area contributed by atoms with Crippen LogP contribution in [0.3, 0.4) is 0 Å². The van der Waals surface area contributed by atoms with Crippen LogP contribution in [-0.2, 0) is 9.59 Å². The number of fused-ring (bicyclic) bond motifs is 2. The number of ketones is 1. The topological polar surface area (TPSA) is 105 Å². The smallest absolute Gasteiger partial charge is 0.302 e. The van der Waals surface area contributed by atoms with Crippen LogP contribution in [-0.4, -0.2) is 41.0 Å². The van der Waals surface area contributed by atoms with Gasteiger partial charge in [-0.3, -0.25) is 14.5 Å². The Balaban J connectivity index is 1.58. The average molecular weight is 506 g/mol. The monoisotopic (exact) mass is 505 g/mol. The molecule has 1 atom stereocenters. The molecule has 0 spiro atoms. The normalized spacial score (nSPS) is 16.9. The number of para-hydroxylation sites is 2. The number of carbonyl (C=O) groups excluding carboxylic acids is 2. The van der Waals surface area contributed by atoms with Crippen molar-refractivity contribution in [2.24, 2.45) is 0 Å². The van der Waals surface area contributed by atoms with Crippen LogP contribution in [0.2, 0.25) is 0 Å². The Morgan fingerprint density at radius 2 is 1.61 bits per heavy atom. The van der Waals surface area contributed by atoms with Gasteiger partial charge in [0.2, 0.25) is 5.95 Å². The zero-order chi connectivity index (χ0) is 26.4. The maximum Gasteiger partial charge on any atom is 0.302 e. The van der Waals surface area contributed by atoms with Crippen molar-refractivity contribution in [3.8, 4) is 11.5 Å². The molecule has 0 bridgehead atoms. The maximum atomic E-state index is 13.5. The lowest BCUT2D eigenvalue weighted by atomic mass is 9.94. The van der Waals surface area contributed by atoms with Crippen LogP contribution in [0.5, 0.6) is 11.5 Å². The molecular weight excluding hydrogens is 482 g/mol. The van der Waals surface area contributed by atoms with Gasteiger partial charge in [0.05, 0.1) is 36.9 Å². The van der Waals surface area contributed by atoms with E-state index >= 15 is 0 Å². The number of aliphatic hydroxyl groups is 1. The minimum absolute atomic E-state index is 0.0436. The minimum Gasteiger partial charge on any atom is -0.507 e. The van der Waals surface area contributed by atoms with Crippen molar-refractivity contribution in [3.05, 3.63) is 102 Å². The SMILES string of the molecule is COc1ccc(C2/C(=C(\O)c3ccc4ccccc4c3)C(=O)C(=O)N2c2nc3ccccc3[nH]2)cc1OC. The van der Waals surface area contributed by atoms with Crippen LogP contribution in [0.15, 0.2) is 90.5 Å². The first-order valence-electron chi connectivity index (χ1n) is 12.0. The Labute approximate surface area is 217 Å². The van der Waals surface area contributed by atoms with E-state index in [1.165, 1.54) is 19.1 Å². The molecule has 8 heteroatoms. The zero-order valence-electron chi connectivity index (χ0n) is 20.6. The Hall–Kier alpha value is -5.11. The van der Waals surface area contributed by atoms with Crippen molar-refractivity contribution in [3.63, 3.8) is 0 Å². The van der Waals surface area contributed by atoms with Gasteiger partial charge in [-0.15, -0.1) is 0 Å². The van der Waals surface area contributed by atoms with Crippen molar-refractivity contribution in [2.45, 2.75) is 6.04 Å². The zero-order valence-corrected chi connectivity index (χ0v) is 20.6. The number of amides is 1. The second-order valence-corrected chi connectivity index (χ2v) is 8.92. The number of imidazole rings is 1. The number of aromatic amines is 1. The highest BCUT2D eigenvalue weighted by molar-refractivity contribution is 6.51. The summed E-state index contributed by atoms with van der Waals surface area (Å²) < 4.78 is 10.9. The van der Waals surface area contributed by atoms with Crippen LogP contribution in [0.25, 0.3) is 27.6 Å². The van der Waals surface area contributed by atoms with Crippen LogP contribution in [0.1, 0.15) is 17.2 Å². The third kappa shape index (κ3) is 3.66. The van der Waals surface area contributed by atoms with E-state index in [9.17, 15) is 14.7 Å². The predicted molar refractivity (Wildman–Crippen MR) is 144 cm³/mol. The van der Waals surface area contributed by atoms with Crippen LogP contribution < -0.4 is 14.4 Å². The van der Waals surface area contributed by atoms with Crippen molar-refractivity contribution < 1.29 is 24.2 Å². The highest BCUT2D eigenvalue weighted by atomic mass is 16.5. The van der Waals surface area contributed by atoms with E-state index in [1.807, 2.05) is 54.6 Å². The molecule has 1 aliphatic heterocycles. The van der Waals surface area contributed by atoms with Gasteiger partial charge in [-0.05, 0) is 46.7 Å². The number of aliphatic hydroxyl groups excluding tert-OH is 1. The van der Waals surface area contributed by atoms with Crippen LogP contribution in [0, 0.1) is 0 Å². The number of nitrogens with one attached hydrogen (secondary N) is 1. The number of hydrogen-bond donors (Lipinski definition) is 2. The molecule has 1 saturated heterocycles. The van der Waals surface area contributed by atoms with Gasteiger partial charge in [-0.2, -0.15) is 0 Å². The van der Waals surface area contributed by atoms with Gasteiger partial charge < -0.3 is 19.6 Å². The molecule has 6 rings (SSSR count). The number of ether oxygens (including phenoxy) is 2. The Kier molecular flexibility index (Phi) is 5.57. The summed E-state index contributed by atoms with van der Waals surface area (Å²) in [5, 5.41) is 13.4. The predicted octanol–water partition coefficient (Wildman–Crippen LogP) is 5.36. The lowest BCUT2D eigenvalue weighted by molar-refractivity contribution is -0.132. The summed E-state index contributed by atoms with van der Waals surface area (Å²) in [5.41, 5.74) is 2.29. The first-order chi connectivity index (χ1) is 18.5. The summed E-state index contributed by atoms with van der Waals surface area (Å²) in [6, 6.07) is 24.6. The summed E-state index contributed by atoms with van der Waals surface area (Å²) in [6.45, 7) is 0. The van der Waals surface area contributed by atoms with E-state index in [4.69, 9.17) is 9.47 Å². The number of benzene rings is 4. The molecule has 1 aromatic heterocycles. The quantitative estimate of drug-likeness (QED) is 0.189. The van der Waals surface area contributed by atoms with E-state index < -0.39 is 17.7 Å². The molecular formula is C30H23N3O5. The largest absolute Gasteiger partial charge is 0.507 e. The highest BCUT2D eigenvalue weighted by Crippen LogP contribution is 2.44. The molecule has 0 saturated carbocycles. The first-order valence-corrected chi connectivity index (χ1v) is 12.0. The van der Waals surface area contributed by atoms with E-state index in [0.29, 0.717) is 33.7 Å². The molecule has 1 amide bonds. The standard InChI is InChI=1S/C30H23N3O5/c1-37-23-14-13-19(16-24(23)38-2)26-25(27(34)20-12-11-17-7-3-4-8-18(17)15-20)28(35)29(36)33(26)30-31-21-9-5-6-10-22(21)32-30/h3-16,26,34H,1-2H3,(H,31,32)/b27-25+. The Bertz CT molecular complexity index is 1740. The molecule has 8 nitrogen and oxygen atoms in total. The third-order valence-corrected chi connectivity index (χ3v) is 6.80. The first kappa shape index (κ1) is 23.3. The fourth-order valence-electron chi connectivity index (χ4n) is 4.93. The van der Waals surface area contributed by atoms with Gasteiger partial charge in [0.1, 0.15) is 5.76 Å². The van der Waals surface area contributed by atoms with Gasteiger partial charge >= 0.3 is 5.91 Å². The highest BCUT2D eigenvalue weighted by Gasteiger charge is 2.48. The van der Waals surface area contributed by atoms with E-state index in [0.717, 1.165) is 10.8 Å². The third-order valence-electron chi connectivity index (χ3n) is 6.80. The van der Waals surface area contributed by atoms with Gasteiger partial charge in [0, 0.05) is 5.56 Å². The van der Waals surface area contributed by atoms with Gasteiger partial charge in [0.15, 0.2) is 11.5 Å². The van der Waals surface area contributed by atoms with Gasteiger partial charge in [0.25, 0.3) is 5.78 Å². The molecule has 1 fully saturated rings. The number of nitrogens with zero attached hydrogens (tertiary/aromatic N) is 2. The van der Waals surface area contributed by atoms with Crippen molar-refractivity contribution >= 4 is 45.2 Å². The number of H-pyrrole nitrogens is 1. The number of rotatable bonds is 5. The summed E-state index contributed by atoms with van der Waals surface area (Å²) >= 11 is 0. The molecule has 2 heterocycles. The second-order valence-electron chi connectivity index (χ2n) is 8.92. The number of Topliss-reactive ketones (excluding diaryl/α,β-unsaturated/α-hetero) is 1. The Morgan fingerprint density at radius 3 is 2.37 bits per heavy atom. The van der Waals surface area contributed by atoms with Crippen molar-refractivity contribution in [1.29, 1.82) is 0 Å². The molecule has 38 heavy (non-hydrogen) atoms. The molecule has 5 aromatic rings. The van der Waals surface area contributed by atoms with E-state index in [2.05, 4.69) is 9.97 Å². The average Bonchev–Trinajstić information content (AvgIpc) is 3.50. The summed E-state index contributed by atoms with van der Waals surface area (Å²) in [5.74, 6) is -0.766. The van der Waals surface area contributed by atoms with E-state index in [-0.39, 0.29) is 17.3 Å². The molecule has 1 unspecified atom stereocenters. The minimum atomic E-state index is -0.971. The summed E-state index contributed by atoms with van der Waals surface area (Å²) in [7, 11) is 3.03. The molecule has 4 aromatic carbocycles. The van der Waals surface area contributed by atoms with Gasteiger partial charge in [-0.25, -0.2) is 4.98 Å². The van der Waals surface area contributed by atoms with Crippen LogP contribution in [0.4, 0.5) is 5.95 Å². The number of anilines is 1. The van der Waals surface area contributed by atoms with E-state index in [1.54, 1.807) is 30.3 Å². The number of hydrogen-bond acceptors (Lipinski definition) is 6.